The lowest BCUT2D eigenvalue weighted by Gasteiger charge is -2.38. The lowest BCUT2D eigenvalue weighted by Crippen LogP contribution is -2.36. The van der Waals surface area contributed by atoms with Gasteiger partial charge < -0.3 is 5.32 Å². The molecule has 5 nitrogen and oxygen atoms in total. The third kappa shape index (κ3) is 3.03. The number of ketones is 1. The number of anilines is 1. The Morgan fingerprint density at radius 3 is 2.57 bits per heavy atom. The molecule has 1 aromatic heterocycles. The first kappa shape index (κ1) is 18.7. The Hall–Kier alpha value is -3.28. The fraction of sp³-hybridized carbons (Fsp3) is 0.292. The second-order valence-corrected chi connectivity index (χ2v) is 8.95. The monoisotopic (exact) mass is 402 g/mol. The van der Waals surface area contributed by atoms with Gasteiger partial charge in [-0.2, -0.15) is 4.98 Å². The summed E-state index contributed by atoms with van der Waals surface area (Å²) in [6.07, 6.45) is 1.23. The van der Waals surface area contributed by atoms with E-state index in [0.29, 0.717) is 23.8 Å². The number of rotatable bonds is 2. The van der Waals surface area contributed by atoms with Crippen LogP contribution in [0.5, 0.6) is 0 Å². The van der Waals surface area contributed by atoms with Crippen LogP contribution in [-0.2, 0) is 4.79 Å². The largest absolute Gasteiger partial charge is 0.328 e. The molecule has 0 saturated carbocycles. The summed E-state index contributed by atoms with van der Waals surface area (Å²) in [7, 11) is 0. The molecule has 30 heavy (non-hydrogen) atoms. The van der Waals surface area contributed by atoms with Crippen LogP contribution < -0.4 is 5.32 Å². The molecule has 1 unspecified atom stereocenters. The van der Waals surface area contributed by atoms with Crippen LogP contribution in [-0.4, -0.2) is 20.5 Å². The van der Waals surface area contributed by atoms with Gasteiger partial charge >= 0.3 is 0 Å². The summed E-state index contributed by atoms with van der Waals surface area (Å²) in [5, 5.41) is 7.97. The molecule has 2 aliphatic rings. The van der Waals surface area contributed by atoms with Gasteiger partial charge in [0.15, 0.2) is 11.6 Å². The number of aromatic nitrogens is 3. The Balaban J connectivity index is 1.69. The van der Waals surface area contributed by atoms with Crippen molar-refractivity contribution in [2.24, 2.45) is 5.41 Å². The summed E-state index contributed by atoms with van der Waals surface area (Å²) in [5.41, 5.74) is 3.95. The fourth-order valence-electron chi connectivity index (χ4n) is 4.42. The molecule has 3 aromatic rings. The first-order chi connectivity index (χ1) is 14.3. The van der Waals surface area contributed by atoms with Gasteiger partial charge in [-0.15, -0.1) is 5.10 Å². The molecule has 0 saturated heterocycles. The number of carbonyl (C=O) groups is 1. The normalized spacial score (nSPS) is 19.9. The van der Waals surface area contributed by atoms with Crippen molar-refractivity contribution >= 4 is 11.7 Å². The molecule has 2 heterocycles. The number of carbonyl (C=O) groups excluding carboxylic acids is 1. The lowest BCUT2D eigenvalue weighted by atomic mass is 9.73. The average molecular weight is 402 g/mol. The molecular weight excluding hydrogens is 379 g/mol. The van der Waals surface area contributed by atoms with E-state index in [0.717, 1.165) is 28.8 Å². The first-order valence-electron chi connectivity index (χ1n) is 10.1. The molecule has 0 fully saturated rings. The van der Waals surface area contributed by atoms with Crippen molar-refractivity contribution in [2.75, 3.05) is 5.32 Å². The molecular formula is C24H23FN4O. The zero-order chi connectivity index (χ0) is 21.0. The third-order valence-electron chi connectivity index (χ3n) is 5.84. The van der Waals surface area contributed by atoms with E-state index < -0.39 is 0 Å². The van der Waals surface area contributed by atoms with Crippen molar-refractivity contribution < 1.29 is 9.18 Å². The minimum absolute atomic E-state index is 0.118. The summed E-state index contributed by atoms with van der Waals surface area (Å²) in [4.78, 5) is 17.8. The van der Waals surface area contributed by atoms with E-state index in [2.05, 4.69) is 29.2 Å². The van der Waals surface area contributed by atoms with Crippen LogP contribution in [0.25, 0.3) is 11.4 Å². The van der Waals surface area contributed by atoms with Crippen LogP contribution in [0.2, 0.25) is 0 Å². The quantitative estimate of drug-likeness (QED) is 0.652. The molecule has 1 aliphatic heterocycles. The van der Waals surface area contributed by atoms with Crippen LogP contribution in [0.1, 0.15) is 43.9 Å². The number of hydrogen-bond donors (Lipinski definition) is 1. The van der Waals surface area contributed by atoms with Gasteiger partial charge in [-0.3, -0.25) is 4.79 Å². The number of nitrogens with zero attached hydrogens (tertiary/aromatic N) is 3. The smallest absolute Gasteiger partial charge is 0.226 e. The Morgan fingerprint density at radius 2 is 1.83 bits per heavy atom. The zero-order valence-electron chi connectivity index (χ0n) is 17.2. The van der Waals surface area contributed by atoms with E-state index in [9.17, 15) is 9.18 Å². The number of benzene rings is 2. The van der Waals surface area contributed by atoms with Crippen molar-refractivity contribution in [2.45, 2.75) is 39.7 Å². The summed E-state index contributed by atoms with van der Waals surface area (Å²) in [6, 6.07) is 14.2. The molecule has 152 valence electrons. The first-order valence-corrected chi connectivity index (χ1v) is 10.1. The fourth-order valence-corrected chi connectivity index (χ4v) is 4.42. The van der Waals surface area contributed by atoms with Crippen LogP contribution in [0.4, 0.5) is 10.3 Å². The Bertz CT molecular complexity index is 1190. The second-order valence-electron chi connectivity index (χ2n) is 8.95. The van der Waals surface area contributed by atoms with Gasteiger partial charge in [-0.25, -0.2) is 9.07 Å². The SMILES string of the molecule is Cc1ccc(C2C3=C(CC(C)(C)CC3=O)Nc3nc(-c4ccccc4F)nn32)cc1. The molecule has 6 heteroatoms. The maximum absolute atomic E-state index is 14.4. The van der Waals surface area contributed by atoms with Gasteiger partial charge in [0.25, 0.3) is 0 Å². The number of allylic oxidation sites excluding steroid dienone is 2. The molecule has 0 spiro atoms. The van der Waals surface area contributed by atoms with Crippen LogP contribution >= 0.6 is 0 Å². The predicted molar refractivity (Wildman–Crippen MR) is 113 cm³/mol. The van der Waals surface area contributed by atoms with Gasteiger partial charge in [0.1, 0.15) is 11.9 Å². The summed E-state index contributed by atoms with van der Waals surface area (Å²) in [6.45, 7) is 6.23. The standard InChI is InChI=1S/C24H23FN4O/c1-14-8-10-15(11-9-14)21-20-18(12-24(2,3)13-19(20)30)26-23-27-22(28-29(21)23)16-6-4-5-7-17(16)25/h4-11,21H,12-13H2,1-3H3,(H,26,27,28). The molecule has 1 N–H and O–H groups in total. The minimum Gasteiger partial charge on any atom is -0.328 e. The van der Waals surface area contributed by atoms with Crippen LogP contribution in [0.15, 0.2) is 59.8 Å². The number of halogens is 1. The Kier molecular flexibility index (Phi) is 4.13. The summed E-state index contributed by atoms with van der Waals surface area (Å²) >= 11 is 0. The summed E-state index contributed by atoms with van der Waals surface area (Å²) < 4.78 is 16.1. The van der Waals surface area contributed by atoms with E-state index in [1.807, 2.05) is 31.2 Å². The van der Waals surface area contributed by atoms with E-state index in [4.69, 9.17) is 0 Å². The van der Waals surface area contributed by atoms with Crippen molar-refractivity contribution in [3.8, 4) is 11.4 Å². The minimum atomic E-state index is -0.381. The highest BCUT2D eigenvalue weighted by Crippen LogP contribution is 2.45. The number of nitrogens with one attached hydrogen (secondary N) is 1. The Morgan fingerprint density at radius 1 is 1.10 bits per heavy atom. The Labute approximate surface area is 174 Å². The summed E-state index contributed by atoms with van der Waals surface area (Å²) in [5.74, 6) is 0.581. The highest BCUT2D eigenvalue weighted by molar-refractivity contribution is 6.00. The predicted octanol–water partition coefficient (Wildman–Crippen LogP) is 5.05. The zero-order valence-corrected chi connectivity index (χ0v) is 17.2. The molecule has 2 aromatic carbocycles. The highest BCUT2D eigenvalue weighted by Gasteiger charge is 2.41. The van der Waals surface area contributed by atoms with E-state index in [1.54, 1.807) is 22.9 Å². The lowest BCUT2D eigenvalue weighted by molar-refractivity contribution is -0.118. The van der Waals surface area contributed by atoms with E-state index in [-0.39, 0.29) is 23.1 Å². The van der Waals surface area contributed by atoms with Crippen LogP contribution in [0.3, 0.4) is 0 Å². The molecule has 1 aliphatic carbocycles. The van der Waals surface area contributed by atoms with E-state index in [1.165, 1.54) is 6.07 Å². The molecule has 0 radical (unpaired) electrons. The van der Waals surface area contributed by atoms with Gasteiger partial charge in [0.05, 0.1) is 5.56 Å². The van der Waals surface area contributed by atoms with Crippen LogP contribution in [0, 0.1) is 18.2 Å². The van der Waals surface area contributed by atoms with Gasteiger partial charge in [-0.05, 0) is 36.5 Å². The average Bonchev–Trinajstić information content (AvgIpc) is 3.10. The molecule has 5 rings (SSSR count). The second kappa shape index (κ2) is 6.62. The van der Waals surface area contributed by atoms with Crippen molar-refractivity contribution in [1.82, 2.24) is 14.8 Å². The highest BCUT2D eigenvalue weighted by atomic mass is 19.1. The third-order valence-corrected chi connectivity index (χ3v) is 5.84. The molecule has 1 atom stereocenters. The molecule has 0 amide bonds. The van der Waals surface area contributed by atoms with Crippen molar-refractivity contribution in [1.29, 1.82) is 0 Å². The van der Waals surface area contributed by atoms with Gasteiger partial charge in [0, 0.05) is 17.7 Å². The maximum Gasteiger partial charge on any atom is 0.226 e. The number of Topliss-reactive ketones (excluding diaryl/α,β-unsaturated/α-hetero) is 1. The topological polar surface area (TPSA) is 59.8 Å². The number of fused-ring (bicyclic) bond motifs is 1. The molecule has 0 bridgehead atoms. The number of aryl methyl sites for hydroxylation is 1. The van der Waals surface area contributed by atoms with E-state index >= 15 is 0 Å². The van der Waals surface area contributed by atoms with Crippen molar-refractivity contribution in [3.63, 3.8) is 0 Å². The van der Waals surface area contributed by atoms with Gasteiger partial charge in [-0.1, -0.05) is 55.8 Å². The number of hydrogen-bond acceptors (Lipinski definition) is 4. The van der Waals surface area contributed by atoms with Crippen molar-refractivity contribution in [3.05, 3.63) is 76.7 Å². The van der Waals surface area contributed by atoms with Gasteiger partial charge in [0.2, 0.25) is 5.95 Å². The maximum atomic E-state index is 14.4.